The van der Waals surface area contributed by atoms with Crippen molar-refractivity contribution in [3.05, 3.63) is 41.2 Å². The summed E-state index contributed by atoms with van der Waals surface area (Å²) in [6, 6.07) is 4.62. The summed E-state index contributed by atoms with van der Waals surface area (Å²) in [4.78, 5) is 55.7. The van der Waals surface area contributed by atoms with Crippen LogP contribution in [0.25, 0.3) is 0 Å². The highest BCUT2D eigenvalue weighted by Gasteiger charge is 2.44. The van der Waals surface area contributed by atoms with E-state index in [0.29, 0.717) is 29.0 Å². The first-order valence-electron chi connectivity index (χ1n) is 14.5. The van der Waals surface area contributed by atoms with E-state index >= 15 is 0 Å². The van der Waals surface area contributed by atoms with Crippen molar-refractivity contribution in [3.63, 3.8) is 0 Å². The minimum absolute atomic E-state index is 0.108. The first kappa shape index (κ1) is 25.3. The fourth-order valence-corrected chi connectivity index (χ4v) is 6.45. The number of carbonyl (C=O) groups is 4. The van der Waals surface area contributed by atoms with Crippen molar-refractivity contribution < 1.29 is 19.2 Å². The molecule has 40 heavy (non-hydrogen) atoms. The highest BCUT2D eigenvalue weighted by molar-refractivity contribution is 6.23. The Labute approximate surface area is 232 Å². The molecule has 210 valence electrons. The van der Waals surface area contributed by atoms with E-state index in [0.717, 1.165) is 56.2 Å². The number of piperidine rings is 1. The van der Waals surface area contributed by atoms with Crippen molar-refractivity contribution in [2.45, 2.75) is 56.5 Å². The number of aromatic nitrogens is 2. The number of fused-ring (bicyclic) bond motifs is 1. The van der Waals surface area contributed by atoms with Crippen molar-refractivity contribution >= 4 is 35.0 Å². The molecule has 7 rings (SSSR count). The van der Waals surface area contributed by atoms with Gasteiger partial charge in [0.2, 0.25) is 11.8 Å². The molecule has 1 unspecified atom stereocenters. The minimum atomic E-state index is -0.951. The molecule has 1 aromatic carbocycles. The fraction of sp³-hybridized carbons (Fsp3) is 0.552. The Morgan fingerprint density at radius 2 is 1.73 bits per heavy atom. The van der Waals surface area contributed by atoms with E-state index in [1.807, 2.05) is 6.07 Å². The summed E-state index contributed by atoms with van der Waals surface area (Å²) in [5.74, 6) is -0.827. The van der Waals surface area contributed by atoms with Crippen LogP contribution < -0.4 is 15.5 Å². The standard InChI is InChI=1S/C29H35N7O4/c1-33-8-10-34(11-9-33)24-16-35(32-26(24)18-2-3-18)20-12-17(13-20)15-30-19-4-5-21-22(14-19)29(40)36(28(21)39)23-6-7-25(37)31-27(23)38/h4-5,14,16-18,20,23,30H,2-3,6-13,15H2,1H3,(H,31,37,38). The summed E-state index contributed by atoms with van der Waals surface area (Å²) in [5, 5.41) is 10.7. The maximum Gasteiger partial charge on any atom is 0.262 e. The summed E-state index contributed by atoms with van der Waals surface area (Å²) in [7, 11) is 2.18. The molecular weight excluding hydrogens is 510 g/mol. The fourth-order valence-electron chi connectivity index (χ4n) is 6.45. The average Bonchev–Trinajstić information content (AvgIpc) is 3.63. The molecular formula is C29H35N7O4. The number of nitrogens with one attached hydrogen (secondary N) is 2. The van der Waals surface area contributed by atoms with Crippen molar-refractivity contribution in [2.75, 3.05) is 50.0 Å². The molecule has 11 heteroatoms. The number of imide groups is 2. The number of carbonyl (C=O) groups excluding carboxylic acids is 4. The van der Waals surface area contributed by atoms with E-state index in [4.69, 9.17) is 5.10 Å². The number of rotatable bonds is 7. The molecule has 5 aliphatic rings. The molecule has 2 saturated carbocycles. The van der Waals surface area contributed by atoms with Gasteiger partial charge in [-0.15, -0.1) is 0 Å². The summed E-state index contributed by atoms with van der Waals surface area (Å²) in [6.07, 6.45) is 7.13. The maximum atomic E-state index is 13.1. The summed E-state index contributed by atoms with van der Waals surface area (Å²) in [5.41, 5.74) is 3.99. The number of likely N-dealkylation sites (N-methyl/N-ethyl adjacent to an activating group) is 1. The Kier molecular flexibility index (Phi) is 6.14. The van der Waals surface area contributed by atoms with Crippen molar-refractivity contribution in [1.29, 1.82) is 0 Å². The second kappa shape index (κ2) is 9.72. The number of hydrogen-bond donors (Lipinski definition) is 2. The predicted molar refractivity (Wildman–Crippen MR) is 147 cm³/mol. The van der Waals surface area contributed by atoms with Crippen LogP contribution in [0.15, 0.2) is 24.4 Å². The van der Waals surface area contributed by atoms with Gasteiger partial charge >= 0.3 is 0 Å². The van der Waals surface area contributed by atoms with Gasteiger partial charge in [-0.2, -0.15) is 5.10 Å². The third-order valence-corrected chi connectivity index (χ3v) is 9.17. The molecule has 0 radical (unpaired) electrons. The van der Waals surface area contributed by atoms with Gasteiger partial charge in [0.05, 0.1) is 28.6 Å². The smallest absolute Gasteiger partial charge is 0.262 e. The van der Waals surface area contributed by atoms with Gasteiger partial charge in [0.15, 0.2) is 0 Å². The molecule has 2 aliphatic carbocycles. The largest absolute Gasteiger partial charge is 0.385 e. The van der Waals surface area contributed by atoms with Gasteiger partial charge in [-0.3, -0.25) is 34.1 Å². The first-order chi connectivity index (χ1) is 19.4. The minimum Gasteiger partial charge on any atom is -0.385 e. The lowest BCUT2D eigenvalue weighted by molar-refractivity contribution is -0.136. The van der Waals surface area contributed by atoms with E-state index < -0.39 is 23.8 Å². The predicted octanol–water partition coefficient (Wildman–Crippen LogP) is 1.98. The Hall–Kier alpha value is -3.73. The lowest BCUT2D eigenvalue weighted by atomic mass is 9.80. The average molecular weight is 546 g/mol. The zero-order chi connectivity index (χ0) is 27.5. The SMILES string of the molecule is CN1CCN(c2cn(C3CC(CNc4ccc5c(c4)C(=O)N(C4CCC(=O)NC4=O)C5=O)C3)nc2C2CC2)CC1. The second-order valence-corrected chi connectivity index (χ2v) is 12.0. The van der Waals surface area contributed by atoms with E-state index in [2.05, 4.69) is 38.4 Å². The van der Waals surface area contributed by atoms with Crippen molar-refractivity contribution in [3.8, 4) is 0 Å². The van der Waals surface area contributed by atoms with E-state index in [1.54, 1.807) is 12.1 Å². The van der Waals surface area contributed by atoms with Crippen LogP contribution in [-0.4, -0.2) is 89.0 Å². The van der Waals surface area contributed by atoms with E-state index in [1.165, 1.54) is 24.2 Å². The second-order valence-electron chi connectivity index (χ2n) is 12.0. The van der Waals surface area contributed by atoms with Crippen LogP contribution in [0.1, 0.15) is 76.9 Å². The highest BCUT2D eigenvalue weighted by Crippen LogP contribution is 2.46. The summed E-state index contributed by atoms with van der Waals surface area (Å²) >= 11 is 0. The maximum absolute atomic E-state index is 13.1. The first-order valence-corrected chi connectivity index (χ1v) is 14.5. The lowest BCUT2D eigenvalue weighted by Crippen LogP contribution is -2.54. The van der Waals surface area contributed by atoms with Crippen LogP contribution in [0.4, 0.5) is 11.4 Å². The zero-order valence-corrected chi connectivity index (χ0v) is 22.8. The summed E-state index contributed by atoms with van der Waals surface area (Å²) < 4.78 is 2.21. The number of nitrogens with zero attached hydrogens (tertiary/aromatic N) is 5. The highest BCUT2D eigenvalue weighted by atomic mass is 16.2. The molecule has 4 heterocycles. The number of anilines is 2. The molecule has 1 aromatic heterocycles. The number of piperazine rings is 1. The molecule has 4 amide bonds. The van der Waals surface area contributed by atoms with Gasteiger partial charge < -0.3 is 15.1 Å². The van der Waals surface area contributed by atoms with Crippen molar-refractivity contribution in [1.82, 2.24) is 24.9 Å². The zero-order valence-electron chi connectivity index (χ0n) is 22.8. The van der Waals surface area contributed by atoms with Crippen LogP contribution in [-0.2, 0) is 9.59 Å². The van der Waals surface area contributed by atoms with Crippen LogP contribution in [0.3, 0.4) is 0 Å². The Morgan fingerprint density at radius 1 is 0.975 bits per heavy atom. The quantitative estimate of drug-likeness (QED) is 0.507. The van der Waals surface area contributed by atoms with Gasteiger partial charge in [0.25, 0.3) is 11.8 Å². The lowest BCUT2D eigenvalue weighted by Gasteiger charge is -2.36. The van der Waals surface area contributed by atoms with Crippen LogP contribution in [0, 0.1) is 5.92 Å². The molecule has 0 bridgehead atoms. The van der Waals surface area contributed by atoms with Gasteiger partial charge in [-0.1, -0.05) is 0 Å². The number of amides is 4. The monoisotopic (exact) mass is 545 g/mol. The van der Waals surface area contributed by atoms with Gasteiger partial charge in [-0.05, 0) is 63.3 Å². The molecule has 2 aromatic rings. The van der Waals surface area contributed by atoms with Gasteiger partial charge in [-0.25, -0.2) is 0 Å². The molecule has 4 fully saturated rings. The Bertz CT molecular complexity index is 1380. The Balaban J connectivity index is 0.965. The van der Waals surface area contributed by atoms with E-state index in [9.17, 15) is 19.2 Å². The topological polar surface area (TPSA) is 120 Å². The van der Waals surface area contributed by atoms with Crippen LogP contribution >= 0.6 is 0 Å². The van der Waals surface area contributed by atoms with E-state index in [-0.39, 0.29) is 18.7 Å². The van der Waals surface area contributed by atoms with Crippen molar-refractivity contribution in [2.24, 2.45) is 5.92 Å². The number of hydrogen-bond acceptors (Lipinski definition) is 8. The third kappa shape index (κ3) is 4.46. The molecule has 2 saturated heterocycles. The molecule has 0 spiro atoms. The third-order valence-electron chi connectivity index (χ3n) is 9.17. The van der Waals surface area contributed by atoms with Gasteiger partial charge in [0.1, 0.15) is 6.04 Å². The van der Waals surface area contributed by atoms with Crippen LogP contribution in [0.2, 0.25) is 0 Å². The number of benzene rings is 1. The molecule has 2 N–H and O–H groups in total. The molecule has 3 aliphatic heterocycles. The molecule has 11 nitrogen and oxygen atoms in total. The van der Waals surface area contributed by atoms with Crippen LogP contribution in [0.5, 0.6) is 0 Å². The molecule has 1 atom stereocenters. The summed E-state index contributed by atoms with van der Waals surface area (Å²) in [6.45, 7) is 5.06. The Morgan fingerprint density at radius 3 is 2.45 bits per heavy atom. The normalized spacial score (nSPS) is 27.1. The van der Waals surface area contributed by atoms with Gasteiger partial charge in [0, 0.05) is 56.9 Å².